The van der Waals surface area contributed by atoms with Gasteiger partial charge in [-0.2, -0.15) is 0 Å². The van der Waals surface area contributed by atoms with Gasteiger partial charge in [-0.15, -0.1) is 0 Å². The van der Waals surface area contributed by atoms with E-state index in [0.717, 1.165) is 30.4 Å². The summed E-state index contributed by atoms with van der Waals surface area (Å²) in [4.78, 5) is 7.82. The molecule has 3 rings (SSSR count). The molecule has 2 heterocycles. The monoisotopic (exact) mass is 319 g/mol. The van der Waals surface area contributed by atoms with E-state index in [9.17, 15) is 9.50 Å². The van der Waals surface area contributed by atoms with E-state index in [1.54, 1.807) is 12.1 Å². The third kappa shape index (κ3) is 3.57. The maximum absolute atomic E-state index is 13.5. The van der Waals surface area contributed by atoms with Crippen molar-refractivity contribution in [2.75, 3.05) is 26.7 Å². The first kappa shape index (κ1) is 16.4. The molecule has 1 aliphatic heterocycles. The number of benzene rings is 1. The lowest BCUT2D eigenvalue weighted by Gasteiger charge is -2.31. The summed E-state index contributed by atoms with van der Waals surface area (Å²) in [5.41, 5.74) is 3.38. The zero-order chi connectivity index (χ0) is 16.6. The van der Waals surface area contributed by atoms with Crippen LogP contribution in [0.15, 0.2) is 18.2 Å². The second-order valence-corrected chi connectivity index (χ2v) is 6.94. The van der Waals surface area contributed by atoms with Crippen LogP contribution in [0.2, 0.25) is 0 Å². The van der Waals surface area contributed by atoms with E-state index in [1.165, 1.54) is 17.3 Å². The molecule has 1 atom stereocenters. The minimum Gasteiger partial charge on any atom is -0.390 e. The summed E-state index contributed by atoms with van der Waals surface area (Å²) in [6, 6.07) is 5.33. The predicted octanol–water partition coefficient (Wildman–Crippen LogP) is 2.37. The molecule has 0 radical (unpaired) electrons. The molecule has 0 spiro atoms. The fourth-order valence-electron chi connectivity index (χ4n) is 3.30. The number of halogens is 1. The molecule has 0 unspecified atom stereocenters. The van der Waals surface area contributed by atoms with Crippen molar-refractivity contribution in [3.63, 3.8) is 0 Å². The molecule has 0 amide bonds. The molecule has 4 nitrogen and oxygen atoms in total. The molecule has 126 valence electrons. The van der Waals surface area contributed by atoms with Crippen LogP contribution in [0.1, 0.15) is 25.1 Å². The zero-order valence-electron chi connectivity index (χ0n) is 14.1. The smallest absolute Gasteiger partial charge is 0.123 e. The van der Waals surface area contributed by atoms with Gasteiger partial charge < -0.3 is 15.0 Å². The largest absolute Gasteiger partial charge is 0.390 e. The van der Waals surface area contributed by atoms with Crippen molar-refractivity contribution >= 4 is 10.9 Å². The molecule has 0 saturated heterocycles. The average molecular weight is 319 g/mol. The summed E-state index contributed by atoms with van der Waals surface area (Å²) in [5, 5.41) is 11.3. The number of hydrogen-bond donors (Lipinski definition) is 2. The quantitative estimate of drug-likeness (QED) is 0.889. The summed E-state index contributed by atoms with van der Waals surface area (Å²) in [5.74, 6) is -0.199. The van der Waals surface area contributed by atoms with Crippen LogP contribution >= 0.6 is 0 Å². The molecule has 2 N–H and O–H groups in total. The number of aromatic amines is 1. The summed E-state index contributed by atoms with van der Waals surface area (Å²) in [6.07, 6.45) is 0.546. The molecule has 1 aromatic heterocycles. The van der Waals surface area contributed by atoms with Gasteiger partial charge >= 0.3 is 0 Å². The van der Waals surface area contributed by atoms with Crippen molar-refractivity contribution in [1.29, 1.82) is 0 Å². The highest BCUT2D eigenvalue weighted by atomic mass is 19.1. The summed E-state index contributed by atoms with van der Waals surface area (Å²) >= 11 is 0. The Hall–Kier alpha value is -1.43. The van der Waals surface area contributed by atoms with Gasteiger partial charge in [-0.3, -0.25) is 4.90 Å². The number of rotatable bonds is 5. The Morgan fingerprint density at radius 3 is 2.91 bits per heavy atom. The van der Waals surface area contributed by atoms with E-state index in [2.05, 4.69) is 28.6 Å². The number of likely N-dealkylation sites (N-methyl/N-ethyl adjacent to an activating group) is 1. The van der Waals surface area contributed by atoms with Crippen LogP contribution in [0.3, 0.4) is 0 Å². The maximum atomic E-state index is 13.5. The number of aromatic nitrogens is 1. The Morgan fingerprint density at radius 2 is 2.17 bits per heavy atom. The first-order chi connectivity index (χ1) is 10.9. The van der Waals surface area contributed by atoms with Crippen molar-refractivity contribution in [3.05, 3.63) is 35.3 Å². The number of nitrogens with one attached hydrogen (secondary N) is 1. The highest BCUT2D eigenvalue weighted by Crippen LogP contribution is 2.28. The van der Waals surface area contributed by atoms with Gasteiger partial charge in [0.15, 0.2) is 0 Å². The average Bonchev–Trinajstić information content (AvgIpc) is 2.84. The third-order valence-electron chi connectivity index (χ3n) is 4.87. The lowest BCUT2D eigenvalue weighted by Crippen LogP contribution is -2.42. The number of aliphatic hydroxyl groups excluding tert-OH is 1. The second-order valence-electron chi connectivity index (χ2n) is 6.94. The number of aliphatic hydroxyl groups is 1. The molecule has 23 heavy (non-hydrogen) atoms. The molecule has 0 aliphatic carbocycles. The Kier molecular flexibility index (Phi) is 4.71. The Bertz CT molecular complexity index is 682. The summed E-state index contributed by atoms with van der Waals surface area (Å²) in [6.45, 7) is 7.26. The van der Waals surface area contributed by atoms with E-state index in [0.29, 0.717) is 19.1 Å². The summed E-state index contributed by atoms with van der Waals surface area (Å²) < 4.78 is 13.5. The van der Waals surface area contributed by atoms with Crippen LogP contribution < -0.4 is 0 Å². The van der Waals surface area contributed by atoms with Crippen LogP contribution in [0.5, 0.6) is 0 Å². The van der Waals surface area contributed by atoms with Crippen LogP contribution in [0.25, 0.3) is 10.9 Å². The molecule has 1 aromatic carbocycles. The first-order valence-electron chi connectivity index (χ1n) is 8.33. The molecule has 2 aromatic rings. The van der Waals surface area contributed by atoms with E-state index in [1.807, 2.05) is 7.05 Å². The lowest BCUT2D eigenvalue weighted by molar-refractivity contribution is 0.0687. The van der Waals surface area contributed by atoms with Gasteiger partial charge in [0.2, 0.25) is 0 Å². The van der Waals surface area contributed by atoms with Crippen LogP contribution in [-0.2, 0) is 13.0 Å². The SMILES string of the molecule is CC(C)N(C)C[C@@H](O)CN1CCc2[nH]c3ccc(F)cc3c2C1. The van der Waals surface area contributed by atoms with Gasteiger partial charge in [0.05, 0.1) is 6.10 Å². The summed E-state index contributed by atoms with van der Waals surface area (Å²) in [7, 11) is 2.03. The van der Waals surface area contributed by atoms with Crippen molar-refractivity contribution in [2.45, 2.75) is 39.0 Å². The molecule has 0 saturated carbocycles. The van der Waals surface area contributed by atoms with Crippen molar-refractivity contribution in [2.24, 2.45) is 0 Å². The highest BCUT2D eigenvalue weighted by molar-refractivity contribution is 5.84. The van der Waals surface area contributed by atoms with Gasteiger partial charge in [0.1, 0.15) is 5.82 Å². The third-order valence-corrected chi connectivity index (χ3v) is 4.87. The maximum Gasteiger partial charge on any atom is 0.123 e. The fourth-order valence-corrected chi connectivity index (χ4v) is 3.30. The van der Waals surface area contributed by atoms with Crippen LogP contribution in [0, 0.1) is 5.82 Å². The van der Waals surface area contributed by atoms with Gasteiger partial charge in [-0.05, 0) is 44.7 Å². The topological polar surface area (TPSA) is 42.5 Å². The predicted molar refractivity (Wildman–Crippen MR) is 91.0 cm³/mol. The van der Waals surface area contributed by atoms with Crippen molar-refractivity contribution in [3.8, 4) is 0 Å². The van der Waals surface area contributed by atoms with E-state index < -0.39 is 0 Å². The van der Waals surface area contributed by atoms with E-state index in [-0.39, 0.29) is 11.9 Å². The second kappa shape index (κ2) is 6.59. The normalized spacial score (nSPS) is 17.2. The van der Waals surface area contributed by atoms with E-state index in [4.69, 9.17) is 0 Å². The minimum atomic E-state index is -0.370. The van der Waals surface area contributed by atoms with Crippen molar-refractivity contribution < 1.29 is 9.50 Å². The van der Waals surface area contributed by atoms with Gasteiger partial charge in [-0.1, -0.05) is 0 Å². The Morgan fingerprint density at radius 1 is 1.39 bits per heavy atom. The molecule has 5 heteroatoms. The lowest BCUT2D eigenvalue weighted by atomic mass is 10.0. The Balaban J connectivity index is 1.70. The van der Waals surface area contributed by atoms with E-state index >= 15 is 0 Å². The number of β-amino-alcohol motifs (C(OH)–C–C–N with tert-alkyl or cyclic N) is 1. The molecular formula is C18H26FN3O. The highest BCUT2D eigenvalue weighted by Gasteiger charge is 2.23. The zero-order valence-corrected chi connectivity index (χ0v) is 14.1. The molecule has 0 fully saturated rings. The standard InChI is InChI=1S/C18H26FN3O/c1-12(2)21(3)9-14(23)10-22-7-6-18-16(11-22)15-8-13(19)4-5-17(15)20-18/h4-5,8,12,14,20,23H,6-7,9-11H2,1-3H3/t14-/m1/s1. The molecule has 1 aliphatic rings. The van der Waals surface area contributed by atoms with Gasteiger partial charge in [-0.25, -0.2) is 4.39 Å². The van der Waals surface area contributed by atoms with Crippen molar-refractivity contribution in [1.82, 2.24) is 14.8 Å². The number of hydrogen-bond acceptors (Lipinski definition) is 3. The van der Waals surface area contributed by atoms with Gasteiger partial charge in [0.25, 0.3) is 0 Å². The minimum absolute atomic E-state index is 0.199. The number of fused-ring (bicyclic) bond motifs is 3. The number of nitrogens with zero attached hydrogens (tertiary/aromatic N) is 2. The van der Waals surface area contributed by atoms with Crippen LogP contribution in [0.4, 0.5) is 4.39 Å². The molecular weight excluding hydrogens is 293 g/mol. The fraction of sp³-hybridized carbons (Fsp3) is 0.556. The van der Waals surface area contributed by atoms with Gasteiger partial charge in [0, 0.05) is 55.2 Å². The first-order valence-corrected chi connectivity index (χ1v) is 8.33. The number of H-pyrrole nitrogens is 1. The molecule has 0 bridgehead atoms. The Labute approximate surface area is 136 Å². The van der Waals surface area contributed by atoms with Crippen LogP contribution in [-0.4, -0.2) is 58.7 Å².